The second kappa shape index (κ2) is 5.47. The predicted octanol–water partition coefficient (Wildman–Crippen LogP) is 2.75. The highest BCUT2D eigenvalue weighted by Crippen LogP contribution is 2.20. The van der Waals surface area contributed by atoms with Gasteiger partial charge in [-0.05, 0) is 31.5 Å². The predicted molar refractivity (Wildman–Crippen MR) is 79.7 cm³/mol. The largest absolute Gasteiger partial charge is 0.370 e. The van der Waals surface area contributed by atoms with E-state index in [2.05, 4.69) is 20.4 Å². The van der Waals surface area contributed by atoms with E-state index < -0.39 is 0 Å². The maximum atomic E-state index is 13.0. The van der Waals surface area contributed by atoms with Gasteiger partial charge in [0, 0.05) is 6.54 Å². The summed E-state index contributed by atoms with van der Waals surface area (Å²) in [6, 6.07) is 6.40. The molecule has 1 aromatic carbocycles. The second-order valence-electron chi connectivity index (χ2n) is 4.82. The summed E-state index contributed by atoms with van der Waals surface area (Å²) >= 11 is 0. The number of hydrogen-bond donors (Lipinski definition) is 1. The highest BCUT2D eigenvalue weighted by atomic mass is 19.1. The summed E-state index contributed by atoms with van der Waals surface area (Å²) in [5.41, 5.74) is 1.76. The van der Waals surface area contributed by atoms with Crippen LogP contribution in [0.15, 0.2) is 30.5 Å². The van der Waals surface area contributed by atoms with E-state index in [1.54, 1.807) is 23.0 Å². The third-order valence-corrected chi connectivity index (χ3v) is 3.20. The Kier molecular flexibility index (Phi) is 3.51. The molecule has 0 amide bonds. The van der Waals surface area contributed by atoms with E-state index in [9.17, 15) is 4.39 Å². The first-order valence-corrected chi connectivity index (χ1v) is 6.86. The minimum absolute atomic E-state index is 0.239. The number of nitrogens with zero attached hydrogens (tertiary/aromatic N) is 4. The Bertz CT molecular complexity index is 764. The van der Waals surface area contributed by atoms with Gasteiger partial charge in [-0.3, -0.25) is 0 Å². The number of rotatable bonds is 4. The Morgan fingerprint density at radius 3 is 2.67 bits per heavy atom. The summed E-state index contributed by atoms with van der Waals surface area (Å²) in [4.78, 5) is 8.87. The van der Waals surface area contributed by atoms with Gasteiger partial charge < -0.3 is 5.32 Å². The lowest BCUT2D eigenvalue weighted by Crippen LogP contribution is -2.06. The summed E-state index contributed by atoms with van der Waals surface area (Å²) in [6.07, 6.45) is 1.76. The van der Waals surface area contributed by atoms with E-state index in [1.807, 2.05) is 13.8 Å². The van der Waals surface area contributed by atoms with Crippen LogP contribution in [0.2, 0.25) is 0 Å². The molecule has 0 aliphatic carbocycles. The van der Waals surface area contributed by atoms with Crippen LogP contribution >= 0.6 is 0 Å². The van der Waals surface area contributed by atoms with Crippen LogP contribution in [0.25, 0.3) is 11.0 Å². The van der Waals surface area contributed by atoms with E-state index in [1.165, 1.54) is 12.1 Å². The monoisotopic (exact) mass is 285 g/mol. The molecule has 0 aliphatic rings. The fraction of sp³-hybridized carbons (Fsp3) is 0.267. The molecule has 0 saturated carbocycles. The van der Waals surface area contributed by atoms with E-state index >= 15 is 0 Å². The first-order valence-electron chi connectivity index (χ1n) is 6.86. The van der Waals surface area contributed by atoms with Gasteiger partial charge in [0.1, 0.15) is 17.5 Å². The third-order valence-electron chi connectivity index (χ3n) is 3.20. The van der Waals surface area contributed by atoms with Gasteiger partial charge in [-0.25, -0.2) is 19.0 Å². The van der Waals surface area contributed by atoms with E-state index in [-0.39, 0.29) is 5.82 Å². The maximum Gasteiger partial charge on any atom is 0.163 e. The fourth-order valence-electron chi connectivity index (χ4n) is 2.24. The molecule has 1 N–H and O–H groups in total. The topological polar surface area (TPSA) is 55.6 Å². The summed E-state index contributed by atoms with van der Waals surface area (Å²) in [5.74, 6) is 1.25. The summed E-state index contributed by atoms with van der Waals surface area (Å²) in [7, 11) is 0. The number of fused-ring (bicyclic) bond motifs is 1. The van der Waals surface area contributed by atoms with Gasteiger partial charge in [0.2, 0.25) is 0 Å². The zero-order valence-electron chi connectivity index (χ0n) is 12.0. The Hall–Kier alpha value is -2.50. The molecule has 0 saturated heterocycles. The minimum Gasteiger partial charge on any atom is -0.370 e. The molecule has 5 nitrogen and oxygen atoms in total. The molecule has 0 fully saturated rings. The van der Waals surface area contributed by atoms with Crippen molar-refractivity contribution in [1.82, 2.24) is 19.7 Å². The molecule has 0 unspecified atom stereocenters. The van der Waals surface area contributed by atoms with Crippen molar-refractivity contribution < 1.29 is 4.39 Å². The molecule has 0 spiro atoms. The number of nitrogens with one attached hydrogen (secondary N) is 1. The van der Waals surface area contributed by atoms with Crippen LogP contribution in [0.5, 0.6) is 0 Å². The highest BCUT2D eigenvalue weighted by Gasteiger charge is 2.11. The molecule has 6 heteroatoms. The SMILES string of the molecule is CCNc1nc(C)nc2c1cnn2Cc1ccc(F)cc1. The molecule has 21 heavy (non-hydrogen) atoms. The van der Waals surface area contributed by atoms with Crippen molar-refractivity contribution in [2.75, 3.05) is 11.9 Å². The van der Waals surface area contributed by atoms with Crippen LogP contribution in [0.4, 0.5) is 10.2 Å². The summed E-state index contributed by atoms with van der Waals surface area (Å²) in [5, 5.41) is 8.49. The number of halogens is 1. The van der Waals surface area contributed by atoms with Crippen molar-refractivity contribution >= 4 is 16.9 Å². The number of anilines is 1. The molecule has 108 valence electrons. The zero-order valence-corrected chi connectivity index (χ0v) is 12.0. The lowest BCUT2D eigenvalue weighted by molar-refractivity contribution is 0.625. The number of hydrogen-bond acceptors (Lipinski definition) is 4. The van der Waals surface area contributed by atoms with Crippen molar-refractivity contribution in [3.8, 4) is 0 Å². The molecule has 0 bridgehead atoms. The van der Waals surface area contributed by atoms with Gasteiger partial charge in [0.05, 0.1) is 18.1 Å². The smallest absolute Gasteiger partial charge is 0.163 e. The van der Waals surface area contributed by atoms with E-state index in [4.69, 9.17) is 0 Å². The van der Waals surface area contributed by atoms with E-state index in [0.29, 0.717) is 12.4 Å². The summed E-state index contributed by atoms with van der Waals surface area (Å²) in [6.45, 7) is 5.21. The normalized spacial score (nSPS) is 11.0. The van der Waals surface area contributed by atoms with Crippen molar-refractivity contribution in [3.63, 3.8) is 0 Å². The Morgan fingerprint density at radius 1 is 1.19 bits per heavy atom. The Balaban J connectivity index is 2.01. The van der Waals surface area contributed by atoms with Gasteiger partial charge >= 0.3 is 0 Å². The molecule has 0 aliphatic heterocycles. The van der Waals surface area contributed by atoms with Gasteiger partial charge in [0.15, 0.2) is 5.65 Å². The van der Waals surface area contributed by atoms with E-state index in [0.717, 1.165) is 29.0 Å². The van der Waals surface area contributed by atoms with Crippen LogP contribution in [-0.4, -0.2) is 26.3 Å². The Labute approximate surface area is 121 Å². The van der Waals surface area contributed by atoms with Gasteiger partial charge in [0.25, 0.3) is 0 Å². The molecular formula is C15H16FN5. The standard InChI is InChI=1S/C15H16FN5/c1-3-17-14-13-8-18-21(15(13)20-10(2)19-14)9-11-4-6-12(16)7-5-11/h4-8H,3,9H2,1-2H3,(H,17,19,20). The third kappa shape index (κ3) is 2.69. The number of aromatic nitrogens is 4. The number of aryl methyl sites for hydroxylation is 1. The van der Waals surface area contributed by atoms with Crippen molar-refractivity contribution in [2.45, 2.75) is 20.4 Å². The average molecular weight is 285 g/mol. The fourth-order valence-corrected chi connectivity index (χ4v) is 2.24. The molecule has 2 aromatic heterocycles. The minimum atomic E-state index is -0.239. The van der Waals surface area contributed by atoms with Crippen LogP contribution in [0.1, 0.15) is 18.3 Å². The molecule has 2 heterocycles. The second-order valence-corrected chi connectivity index (χ2v) is 4.82. The Morgan fingerprint density at radius 2 is 1.95 bits per heavy atom. The lowest BCUT2D eigenvalue weighted by Gasteiger charge is -2.07. The highest BCUT2D eigenvalue weighted by molar-refractivity contribution is 5.86. The van der Waals surface area contributed by atoms with Gasteiger partial charge in [-0.15, -0.1) is 0 Å². The van der Waals surface area contributed by atoms with Gasteiger partial charge in [-0.1, -0.05) is 12.1 Å². The molecule has 3 aromatic rings. The quantitative estimate of drug-likeness (QED) is 0.801. The molecule has 0 atom stereocenters. The van der Waals surface area contributed by atoms with Crippen LogP contribution in [-0.2, 0) is 6.54 Å². The first-order chi connectivity index (χ1) is 10.2. The molecular weight excluding hydrogens is 269 g/mol. The van der Waals surface area contributed by atoms with Crippen molar-refractivity contribution in [1.29, 1.82) is 0 Å². The summed E-state index contributed by atoms with van der Waals surface area (Å²) < 4.78 is 14.8. The van der Waals surface area contributed by atoms with Crippen LogP contribution < -0.4 is 5.32 Å². The zero-order chi connectivity index (χ0) is 14.8. The van der Waals surface area contributed by atoms with Crippen molar-refractivity contribution in [3.05, 3.63) is 47.7 Å². The number of benzene rings is 1. The molecule has 0 radical (unpaired) electrons. The lowest BCUT2D eigenvalue weighted by atomic mass is 10.2. The first kappa shape index (κ1) is 13.5. The van der Waals surface area contributed by atoms with Crippen LogP contribution in [0, 0.1) is 12.7 Å². The van der Waals surface area contributed by atoms with Crippen LogP contribution in [0.3, 0.4) is 0 Å². The average Bonchev–Trinajstić information content (AvgIpc) is 2.85. The maximum absolute atomic E-state index is 13.0. The van der Waals surface area contributed by atoms with Gasteiger partial charge in [-0.2, -0.15) is 5.10 Å². The van der Waals surface area contributed by atoms with Crippen molar-refractivity contribution in [2.24, 2.45) is 0 Å². The molecule has 3 rings (SSSR count).